The van der Waals surface area contributed by atoms with Crippen molar-refractivity contribution >= 4 is 23.6 Å². The van der Waals surface area contributed by atoms with Crippen molar-refractivity contribution in [2.24, 2.45) is 4.99 Å². The minimum Gasteiger partial charge on any atom is -0.444 e. The molecule has 0 aliphatic heterocycles. The first-order valence-electron chi connectivity index (χ1n) is 10.6. The van der Waals surface area contributed by atoms with Crippen molar-refractivity contribution in [3.63, 3.8) is 0 Å². The zero-order valence-corrected chi connectivity index (χ0v) is 18.9. The average Bonchev–Trinajstić information content (AvgIpc) is 2.66. The Bertz CT molecular complexity index is 681. The summed E-state index contributed by atoms with van der Waals surface area (Å²) in [7, 11) is 0. The highest BCUT2D eigenvalue weighted by atomic mass is 16.6. The smallest absolute Gasteiger partial charge is 0.412 e. The maximum Gasteiger partial charge on any atom is 0.412 e. The summed E-state index contributed by atoms with van der Waals surface area (Å²) in [5.41, 5.74) is 1.30. The van der Waals surface area contributed by atoms with E-state index in [1.165, 1.54) is 0 Å². The molecule has 2 amide bonds. The molecule has 0 saturated heterocycles. The highest BCUT2D eigenvalue weighted by Crippen LogP contribution is 2.13. The number of ether oxygens (including phenoxy) is 1. The lowest BCUT2D eigenvalue weighted by atomic mass is 10.1. The Morgan fingerprint density at radius 3 is 2.30 bits per heavy atom. The number of amides is 2. The molecule has 1 aromatic carbocycles. The molecule has 0 saturated carbocycles. The molecule has 168 valence electrons. The number of carbonyl (C=O) groups is 2. The number of hydrogen-bond donors (Lipinski definition) is 4. The minimum atomic E-state index is -0.527. The molecule has 30 heavy (non-hydrogen) atoms. The number of benzene rings is 1. The van der Waals surface area contributed by atoms with Gasteiger partial charge < -0.3 is 20.7 Å². The molecule has 8 nitrogen and oxygen atoms in total. The highest BCUT2D eigenvalue weighted by Gasteiger charge is 2.16. The third kappa shape index (κ3) is 11.9. The van der Waals surface area contributed by atoms with Gasteiger partial charge in [0.2, 0.25) is 5.91 Å². The van der Waals surface area contributed by atoms with E-state index in [0.717, 1.165) is 24.9 Å². The first-order valence-corrected chi connectivity index (χ1v) is 10.6. The van der Waals surface area contributed by atoms with Crippen molar-refractivity contribution in [2.75, 3.05) is 31.5 Å². The number of anilines is 1. The molecular formula is C22H37N5O3. The Kier molecular flexibility index (Phi) is 11.3. The van der Waals surface area contributed by atoms with Gasteiger partial charge in [-0.2, -0.15) is 0 Å². The lowest BCUT2D eigenvalue weighted by Crippen LogP contribution is -2.38. The molecule has 0 aromatic heterocycles. The van der Waals surface area contributed by atoms with Gasteiger partial charge in [0, 0.05) is 31.7 Å². The predicted octanol–water partition coefficient (Wildman–Crippen LogP) is 3.05. The summed E-state index contributed by atoms with van der Waals surface area (Å²) < 4.78 is 5.25. The molecule has 0 bridgehead atoms. The summed E-state index contributed by atoms with van der Waals surface area (Å²) in [6, 6.07) is 7.65. The van der Waals surface area contributed by atoms with Gasteiger partial charge in [-0.3, -0.25) is 15.1 Å². The molecule has 0 unspecified atom stereocenters. The molecule has 0 radical (unpaired) electrons. The van der Waals surface area contributed by atoms with Gasteiger partial charge in [0.25, 0.3) is 0 Å². The summed E-state index contributed by atoms with van der Waals surface area (Å²) in [6.45, 7) is 12.1. The summed E-state index contributed by atoms with van der Waals surface area (Å²) >= 11 is 0. The fraction of sp³-hybridized carbons (Fsp3) is 0.591. The molecule has 0 heterocycles. The maximum absolute atomic E-state index is 11.8. The standard InChI is InChI=1S/C22H37N5O3/c1-6-14-24-19(28)13-16-26-20(23-7-2)25-15-12-17-8-10-18(11-9-17)27-21(29)30-22(3,4)5/h8-11H,6-7,12-16H2,1-5H3,(H,24,28)(H,27,29)(H2,23,25,26). The highest BCUT2D eigenvalue weighted by molar-refractivity contribution is 5.84. The topological polar surface area (TPSA) is 104 Å². The zero-order valence-electron chi connectivity index (χ0n) is 18.9. The van der Waals surface area contributed by atoms with Crippen LogP contribution in [0.2, 0.25) is 0 Å². The van der Waals surface area contributed by atoms with Gasteiger partial charge in [0.1, 0.15) is 5.60 Å². The molecule has 0 atom stereocenters. The van der Waals surface area contributed by atoms with Gasteiger partial charge in [-0.05, 0) is 58.2 Å². The van der Waals surface area contributed by atoms with E-state index in [1.54, 1.807) is 0 Å². The van der Waals surface area contributed by atoms with Crippen LogP contribution < -0.4 is 21.3 Å². The van der Waals surface area contributed by atoms with Crippen molar-refractivity contribution in [1.82, 2.24) is 16.0 Å². The second-order valence-corrected chi connectivity index (χ2v) is 7.86. The second-order valence-electron chi connectivity index (χ2n) is 7.86. The number of carbonyl (C=O) groups excluding carboxylic acids is 2. The molecule has 1 rings (SSSR count). The Balaban J connectivity index is 2.43. The lowest BCUT2D eigenvalue weighted by Gasteiger charge is -2.19. The van der Waals surface area contributed by atoms with Gasteiger partial charge in [-0.1, -0.05) is 19.1 Å². The molecule has 1 aromatic rings. The van der Waals surface area contributed by atoms with Gasteiger partial charge in [0.05, 0.1) is 6.54 Å². The van der Waals surface area contributed by atoms with E-state index in [-0.39, 0.29) is 5.91 Å². The Morgan fingerprint density at radius 1 is 1.00 bits per heavy atom. The number of rotatable bonds is 10. The summed E-state index contributed by atoms with van der Waals surface area (Å²) in [5, 5.41) is 12.0. The zero-order chi connectivity index (χ0) is 22.4. The molecule has 0 aliphatic rings. The Morgan fingerprint density at radius 2 is 1.70 bits per heavy atom. The molecule has 0 aliphatic carbocycles. The number of nitrogens with zero attached hydrogens (tertiary/aromatic N) is 1. The van der Waals surface area contributed by atoms with Crippen LogP contribution in [0.15, 0.2) is 29.3 Å². The maximum atomic E-state index is 11.8. The van der Waals surface area contributed by atoms with Crippen LogP contribution in [0.5, 0.6) is 0 Å². The SMILES string of the molecule is CCCNC(=O)CCN=C(NCC)NCCc1ccc(NC(=O)OC(C)(C)C)cc1. The van der Waals surface area contributed by atoms with Gasteiger partial charge >= 0.3 is 6.09 Å². The van der Waals surface area contributed by atoms with Crippen molar-refractivity contribution in [3.8, 4) is 0 Å². The summed E-state index contributed by atoms with van der Waals surface area (Å²) in [6.07, 6.45) is 1.64. The number of hydrogen-bond acceptors (Lipinski definition) is 4. The van der Waals surface area contributed by atoms with Crippen molar-refractivity contribution in [3.05, 3.63) is 29.8 Å². The summed E-state index contributed by atoms with van der Waals surface area (Å²) in [5.74, 6) is 0.723. The monoisotopic (exact) mass is 419 g/mol. The molecule has 4 N–H and O–H groups in total. The van der Waals surface area contributed by atoms with Gasteiger partial charge in [0.15, 0.2) is 5.96 Å². The lowest BCUT2D eigenvalue weighted by molar-refractivity contribution is -0.120. The first-order chi connectivity index (χ1) is 14.2. The quantitative estimate of drug-likeness (QED) is 0.345. The minimum absolute atomic E-state index is 0.0246. The fourth-order valence-electron chi connectivity index (χ4n) is 2.47. The van der Waals surface area contributed by atoms with Crippen LogP contribution in [0.1, 0.15) is 53.0 Å². The molecular weight excluding hydrogens is 382 g/mol. The van der Waals surface area contributed by atoms with Crippen LogP contribution >= 0.6 is 0 Å². The first kappa shape index (κ1) is 25.3. The van der Waals surface area contributed by atoms with Crippen LogP contribution in [0.25, 0.3) is 0 Å². The normalized spacial score (nSPS) is 11.6. The Labute approximate surface area is 180 Å². The van der Waals surface area contributed by atoms with E-state index in [9.17, 15) is 9.59 Å². The van der Waals surface area contributed by atoms with E-state index in [2.05, 4.69) is 26.3 Å². The average molecular weight is 420 g/mol. The van der Waals surface area contributed by atoms with Crippen LogP contribution in [-0.2, 0) is 16.0 Å². The van der Waals surface area contributed by atoms with Crippen molar-refractivity contribution < 1.29 is 14.3 Å². The second kappa shape index (κ2) is 13.5. The van der Waals surface area contributed by atoms with Gasteiger partial charge in [-0.25, -0.2) is 4.79 Å². The van der Waals surface area contributed by atoms with Crippen molar-refractivity contribution in [1.29, 1.82) is 0 Å². The Hall–Kier alpha value is -2.77. The van der Waals surface area contributed by atoms with E-state index in [0.29, 0.717) is 37.7 Å². The van der Waals surface area contributed by atoms with E-state index in [4.69, 9.17) is 4.74 Å². The number of guanidine groups is 1. The van der Waals surface area contributed by atoms with Crippen LogP contribution in [-0.4, -0.2) is 49.7 Å². The largest absolute Gasteiger partial charge is 0.444 e. The predicted molar refractivity (Wildman–Crippen MR) is 122 cm³/mol. The molecule has 8 heteroatoms. The van der Waals surface area contributed by atoms with Crippen LogP contribution in [0.4, 0.5) is 10.5 Å². The van der Waals surface area contributed by atoms with Crippen LogP contribution in [0, 0.1) is 0 Å². The third-order valence-corrected chi connectivity index (χ3v) is 3.83. The third-order valence-electron chi connectivity index (χ3n) is 3.83. The van der Waals surface area contributed by atoms with E-state index < -0.39 is 11.7 Å². The van der Waals surface area contributed by atoms with E-state index >= 15 is 0 Å². The fourth-order valence-corrected chi connectivity index (χ4v) is 2.47. The number of aliphatic imine (C=N–C) groups is 1. The van der Waals surface area contributed by atoms with Crippen LogP contribution in [0.3, 0.4) is 0 Å². The molecule has 0 fully saturated rings. The molecule has 0 spiro atoms. The number of nitrogens with one attached hydrogen (secondary N) is 4. The van der Waals surface area contributed by atoms with Gasteiger partial charge in [-0.15, -0.1) is 0 Å². The van der Waals surface area contributed by atoms with E-state index in [1.807, 2.05) is 58.9 Å². The van der Waals surface area contributed by atoms with Crippen molar-refractivity contribution in [2.45, 2.75) is 59.5 Å². The summed E-state index contributed by atoms with van der Waals surface area (Å²) in [4.78, 5) is 27.9.